The van der Waals surface area contributed by atoms with Gasteiger partial charge in [-0.15, -0.1) is 0 Å². The van der Waals surface area contributed by atoms with E-state index in [0.717, 1.165) is 12.2 Å². The summed E-state index contributed by atoms with van der Waals surface area (Å²) in [6.07, 6.45) is 5.67. The van der Waals surface area contributed by atoms with Gasteiger partial charge in [0, 0.05) is 30.7 Å². The molecule has 90 valence electrons. The predicted octanol–water partition coefficient (Wildman–Crippen LogP) is 3.48. The molecule has 0 unspecified atom stereocenters. The summed E-state index contributed by atoms with van der Waals surface area (Å²) in [4.78, 5) is 7.37. The molecule has 2 N–H and O–H groups in total. The Bertz CT molecular complexity index is 670. The number of hydrogen-bond acceptors (Lipinski definition) is 2. The molecule has 0 aliphatic heterocycles. The molecule has 3 nitrogen and oxygen atoms in total. The number of anilines is 1. The lowest BCUT2D eigenvalue weighted by molar-refractivity contribution is 1.13. The van der Waals surface area contributed by atoms with Crippen LogP contribution in [0.2, 0.25) is 0 Å². The van der Waals surface area contributed by atoms with Crippen LogP contribution in [0.15, 0.2) is 48.9 Å². The van der Waals surface area contributed by atoms with E-state index in [1.165, 1.54) is 22.0 Å². The Hall–Kier alpha value is -2.29. The number of aromatic nitrogens is 2. The lowest BCUT2D eigenvalue weighted by Gasteiger charge is -2.07. The van der Waals surface area contributed by atoms with Crippen molar-refractivity contribution in [3.8, 4) is 0 Å². The number of nitrogens with zero attached hydrogens (tertiary/aromatic N) is 1. The van der Waals surface area contributed by atoms with Crippen molar-refractivity contribution in [2.75, 3.05) is 5.32 Å². The molecule has 3 heteroatoms. The summed E-state index contributed by atoms with van der Waals surface area (Å²) in [6, 6.07) is 10.6. The number of H-pyrrole nitrogens is 1. The molecule has 3 rings (SSSR count). The maximum absolute atomic E-state index is 4.17. The Morgan fingerprint density at radius 2 is 2.11 bits per heavy atom. The van der Waals surface area contributed by atoms with Crippen LogP contribution in [-0.2, 0) is 6.54 Å². The van der Waals surface area contributed by atoms with E-state index in [1.807, 2.05) is 25.5 Å². The van der Waals surface area contributed by atoms with E-state index in [1.54, 1.807) is 0 Å². The topological polar surface area (TPSA) is 40.7 Å². The summed E-state index contributed by atoms with van der Waals surface area (Å²) < 4.78 is 0. The van der Waals surface area contributed by atoms with Crippen molar-refractivity contribution < 1.29 is 0 Å². The van der Waals surface area contributed by atoms with Crippen molar-refractivity contribution in [3.63, 3.8) is 0 Å². The summed E-state index contributed by atoms with van der Waals surface area (Å²) in [6.45, 7) is 2.86. The van der Waals surface area contributed by atoms with Gasteiger partial charge in [0.1, 0.15) is 0 Å². The van der Waals surface area contributed by atoms with Crippen LogP contribution in [0.1, 0.15) is 11.1 Å². The molecule has 0 saturated heterocycles. The van der Waals surface area contributed by atoms with E-state index in [2.05, 4.69) is 45.6 Å². The first-order valence-corrected chi connectivity index (χ1v) is 6.03. The van der Waals surface area contributed by atoms with Gasteiger partial charge in [-0.3, -0.25) is 4.98 Å². The van der Waals surface area contributed by atoms with E-state index >= 15 is 0 Å². The Kier molecular flexibility index (Phi) is 2.73. The van der Waals surface area contributed by atoms with Crippen LogP contribution in [0.25, 0.3) is 10.9 Å². The first-order chi connectivity index (χ1) is 8.81. The van der Waals surface area contributed by atoms with Crippen LogP contribution in [0, 0.1) is 6.92 Å². The number of rotatable bonds is 3. The number of fused-ring (bicyclic) bond motifs is 1. The molecule has 0 saturated carbocycles. The van der Waals surface area contributed by atoms with Gasteiger partial charge in [0.2, 0.25) is 0 Å². The van der Waals surface area contributed by atoms with Crippen LogP contribution >= 0.6 is 0 Å². The molecule has 0 radical (unpaired) electrons. The minimum Gasteiger partial charge on any atom is -0.380 e. The highest BCUT2D eigenvalue weighted by Gasteiger charge is 1.98. The molecule has 3 aromatic rings. The monoisotopic (exact) mass is 237 g/mol. The second-order valence-electron chi connectivity index (χ2n) is 4.50. The van der Waals surface area contributed by atoms with E-state index in [4.69, 9.17) is 0 Å². The van der Waals surface area contributed by atoms with E-state index in [9.17, 15) is 0 Å². The van der Waals surface area contributed by atoms with Crippen molar-refractivity contribution in [1.82, 2.24) is 9.97 Å². The average molecular weight is 237 g/mol. The SMILES string of the molecule is Cc1cncc(NCc2ccc3[nH]ccc3c2)c1. The van der Waals surface area contributed by atoms with Gasteiger partial charge in [-0.05, 0) is 47.7 Å². The number of pyridine rings is 1. The van der Waals surface area contributed by atoms with Crippen LogP contribution in [-0.4, -0.2) is 9.97 Å². The van der Waals surface area contributed by atoms with Crippen molar-refractivity contribution in [3.05, 3.63) is 60.0 Å². The summed E-state index contributed by atoms with van der Waals surface area (Å²) >= 11 is 0. The zero-order valence-corrected chi connectivity index (χ0v) is 10.3. The Balaban J connectivity index is 1.76. The van der Waals surface area contributed by atoms with Gasteiger partial charge in [0.15, 0.2) is 0 Å². The fraction of sp³-hybridized carbons (Fsp3) is 0.133. The standard InChI is InChI=1S/C15H15N3/c1-11-6-14(10-16-8-11)18-9-12-2-3-15-13(7-12)4-5-17-15/h2-8,10,17-18H,9H2,1H3. The molecule has 2 aromatic heterocycles. The first kappa shape index (κ1) is 10.8. The molecule has 0 spiro atoms. The largest absolute Gasteiger partial charge is 0.380 e. The molecule has 0 amide bonds. The molecular weight excluding hydrogens is 222 g/mol. The van der Waals surface area contributed by atoms with Crippen LogP contribution in [0.4, 0.5) is 5.69 Å². The fourth-order valence-corrected chi connectivity index (χ4v) is 2.07. The van der Waals surface area contributed by atoms with Gasteiger partial charge in [-0.25, -0.2) is 0 Å². The van der Waals surface area contributed by atoms with Crippen LogP contribution in [0.3, 0.4) is 0 Å². The number of aryl methyl sites for hydroxylation is 1. The Morgan fingerprint density at radius 1 is 1.17 bits per heavy atom. The molecule has 0 atom stereocenters. The number of aromatic amines is 1. The van der Waals surface area contributed by atoms with Crippen molar-refractivity contribution in [2.45, 2.75) is 13.5 Å². The molecule has 18 heavy (non-hydrogen) atoms. The van der Waals surface area contributed by atoms with E-state index in [-0.39, 0.29) is 0 Å². The fourth-order valence-electron chi connectivity index (χ4n) is 2.07. The maximum atomic E-state index is 4.17. The second kappa shape index (κ2) is 4.53. The van der Waals surface area contributed by atoms with Crippen LogP contribution in [0.5, 0.6) is 0 Å². The Morgan fingerprint density at radius 3 is 3.00 bits per heavy atom. The van der Waals surface area contributed by atoms with Gasteiger partial charge < -0.3 is 10.3 Å². The lowest BCUT2D eigenvalue weighted by Crippen LogP contribution is -1.99. The average Bonchev–Trinajstić information content (AvgIpc) is 2.84. The smallest absolute Gasteiger partial charge is 0.0532 e. The number of nitrogens with one attached hydrogen (secondary N) is 2. The summed E-state index contributed by atoms with van der Waals surface area (Å²) in [5.74, 6) is 0. The highest BCUT2D eigenvalue weighted by molar-refractivity contribution is 5.79. The van der Waals surface area contributed by atoms with Gasteiger partial charge >= 0.3 is 0 Å². The summed E-state index contributed by atoms with van der Waals surface area (Å²) in [5, 5.41) is 4.63. The molecule has 0 bridgehead atoms. The lowest BCUT2D eigenvalue weighted by atomic mass is 10.1. The van der Waals surface area contributed by atoms with Crippen molar-refractivity contribution >= 4 is 16.6 Å². The highest BCUT2D eigenvalue weighted by atomic mass is 14.9. The molecule has 2 heterocycles. The second-order valence-corrected chi connectivity index (χ2v) is 4.50. The minimum atomic E-state index is 0.812. The van der Waals surface area contributed by atoms with Gasteiger partial charge in [-0.2, -0.15) is 0 Å². The van der Waals surface area contributed by atoms with Gasteiger partial charge in [0.25, 0.3) is 0 Å². The summed E-state index contributed by atoms with van der Waals surface area (Å²) in [5.41, 5.74) is 4.67. The third kappa shape index (κ3) is 2.20. The normalized spacial score (nSPS) is 10.7. The van der Waals surface area contributed by atoms with Gasteiger partial charge in [-0.1, -0.05) is 6.07 Å². The molecular formula is C15H15N3. The van der Waals surface area contributed by atoms with Crippen molar-refractivity contribution in [2.24, 2.45) is 0 Å². The quantitative estimate of drug-likeness (QED) is 0.732. The van der Waals surface area contributed by atoms with Crippen molar-refractivity contribution in [1.29, 1.82) is 0 Å². The number of hydrogen-bond donors (Lipinski definition) is 2. The molecule has 0 fully saturated rings. The first-order valence-electron chi connectivity index (χ1n) is 6.03. The highest BCUT2D eigenvalue weighted by Crippen LogP contribution is 2.15. The zero-order chi connectivity index (χ0) is 12.4. The third-order valence-electron chi connectivity index (χ3n) is 2.99. The Labute approximate surface area is 106 Å². The molecule has 0 aliphatic carbocycles. The molecule has 1 aromatic carbocycles. The van der Waals surface area contributed by atoms with Gasteiger partial charge in [0.05, 0.1) is 5.69 Å². The number of benzene rings is 1. The third-order valence-corrected chi connectivity index (χ3v) is 2.99. The zero-order valence-electron chi connectivity index (χ0n) is 10.3. The summed E-state index contributed by atoms with van der Waals surface area (Å²) in [7, 11) is 0. The van der Waals surface area contributed by atoms with E-state index < -0.39 is 0 Å². The maximum Gasteiger partial charge on any atom is 0.0532 e. The van der Waals surface area contributed by atoms with Crippen LogP contribution < -0.4 is 5.32 Å². The minimum absolute atomic E-state index is 0.812. The van der Waals surface area contributed by atoms with E-state index in [0.29, 0.717) is 0 Å². The predicted molar refractivity (Wildman–Crippen MR) is 74.6 cm³/mol. The molecule has 0 aliphatic rings.